The number of rotatable bonds is 4. The molecule has 31 heavy (non-hydrogen) atoms. The summed E-state index contributed by atoms with van der Waals surface area (Å²) >= 11 is 0. The molecule has 162 valence electrons. The molecule has 0 aliphatic carbocycles. The predicted molar refractivity (Wildman–Crippen MR) is 123 cm³/mol. The van der Waals surface area contributed by atoms with E-state index in [1.165, 1.54) is 10.5 Å². The van der Waals surface area contributed by atoms with Gasteiger partial charge in [0.1, 0.15) is 5.70 Å². The molecular formula is C26H30N2O3. The summed E-state index contributed by atoms with van der Waals surface area (Å²) in [5, 5.41) is 0. The SMILES string of the molecule is Cc1ccc(C2=C(N3CC(C)OC(C)C3)C(=O)N(c3ccc(C(C)C)cc3)C2=O)cc1. The zero-order chi connectivity index (χ0) is 22.3. The first-order chi connectivity index (χ1) is 14.8. The molecule has 4 rings (SSSR count). The topological polar surface area (TPSA) is 49.9 Å². The molecule has 2 amide bonds. The van der Waals surface area contributed by atoms with Gasteiger partial charge in [-0.05, 0) is 49.9 Å². The Bertz CT molecular complexity index is 1010. The lowest BCUT2D eigenvalue weighted by atomic mass is 10.0. The van der Waals surface area contributed by atoms with E-state index in [1.54, 1.807) is 0 Å². The second-order valence-corrected chi connectivity index (χ2v) is 8.94. The monoisotopic (exact) mass is 418 g/mol. The highest BCUT2D eigenvalue weighted by atomic mass is 16.5. The summed E-state index contributed by atoms with van der Waals surface area (Å²) in [7, 11) is 0. The van der Waals surface area contributed by atoms with Crippen molar-refractivity contribution < 1.29 is 14.3 Å². The van der Waals surface area contributed by atoms with Crippen LogP contribution < -0.4 is 4.90 Å². The zero-order valence-corrected chi connectivity index (χ0v) is 18.9. The highest BCUT2D eigenvalue weighted by Gasteiger charge is 2.43. The number of anilines is 1. The first kappa shape index (κ1) is 21.3. The van der Waals surface area contributed by atoms with E-state index in [-0.39, 0.29) is 24.0 Å². The van der Waals surface area contributed by atoms with Crippen molar-refractivity contribution in [1.82, 2.24) is 4.90 Å². The Balaban J connectivity index is 1.79. The maximum Gasteiger partial charge on any atom is 0.282 e. The van der Waals surface area contributed by atoms with Gasteiger partial charge in [-0.3, -0.25) is 9.59 Å². The molecule has 5 nitrogen and oxygen atoms in total. The van der Waals surface area contributed by atoms with Crippen LogP contribution >= 0.6 is 0 Å². The van der Waals surface area contributed by atoms with E-state index in [0.29, 0.717) is 36.0 Å². The summed E-state index contributed by atoms with van der Waals surface area (Å²) in [5.41, 5.74) is 4.60. The molecule has 2 aliphatic heterocycles. The normalized spacial score (nSPS) is 22.1. The fraction of sp³-hybridized carbons (Fsp3) is 0.385. The van der Waals surface area contributed by atoms with Crippen LogP contribution in [0.2, 0.25) is 0 Å². The quantitative estimate of drug-likeness (QED) is 0.686. The van der Waals surface area contributed by atoms with Crippen LogP contribution in [-0.4, -0.2) is 42.0 Å². The maximum atomic E-state index is 13.7. The minimum absolute atomic E-state index is 0.0159. The van der Waals surface area contributed by atoms with Crippen molar-refractivity contribution in [3.8, 4) is 0 Å². The van der Waals surface area contributed by atoms with Gasteiger partial charge in [0.15, 0.2) is 0 Å². The lowest BCUT2D eigenvalue weighted by Gasteiger charge is -2.37. The fourth-order valence-electron chi connectivity index (χ4n) is 4.40. The summed E-state index contributed by atoms with van der Waals surface area (Å²) in [6.45, 7) is 11.4. The second kappa shape index (κ2) is 8.31. The van der Waals surface area contributed by atoms with Crippen molar-refractivity contribution in [1.29, 1.82) is 0 Å². The number of morpholine rings is 1. The maximum absolute atomic E-state index is 13.7. The smallest absolute Gasteiger partial charge is 0.282 e. The largest absolute Gasteiger partial charge is 0.372 e. The molecule has 0 spiro atoms. The van der Waals surface area contributed by atoms with Crippen LogP contribution in [0.1, 0.15) is 50.3 Å². The van der Waals surface area contributed by atoms with E-state index < -0.39 is 0 Å². The number of imide groups is 1. The zero-order valence-electron chi connectivity index (χ0n) is 18.9. The Kier molecular flexibility index (Phi) is 5.71. The molecule has 2 heterocycles. The minimum atomic E-state index is -0.270. The van der Waals surface area contributed by atoms with Crippen molar-refractivity contribution in [3.63, 3.8) is 0 Å². The number of nitrogens with zero attached hydrogens (tertiary/aromatic N) is 2. The van der Waals surface area contributed by atoms with Crippen LogP contribution in [0.4, 0.5) is 5.69 Å². The molecule has 5 heteroatoms. The molecule has 0 saturated carbocycles. The minimum Gasteiger partial charge on any atom is -0.372 e. The van der Waals surface area contributed by atoms with Gasteiger partial charge in [-0.25, -0.2) is 4.90 Å². The first-order valence-corrected chi connectivity index (χ1v) is 11.0. The van der Waals surface area contributed by atoms with Gasteiger partial charge < -0.3 is 9.64 Å². The highest BCUT2D eigenvalue weighted by Crippen LogP contribution is 2.36. The molecule has 0 bridgehead atoms. The molecule has 2 aromatic rings. The fourth-order valence-corrected chi connectivity index (χ4v) is 4.40. The molecule has 0 radical (unpaired) electrons. The third kappa shape index (κ3) is 4.02. The van der Waals surface area contributed by atoms with Gasteiger partial charge in [-0.1, -0.05) is 55.8 Å². The lowest BCUT2D eigenvalue weighted by molar-refractivity contribution is -0.121. The number of ether oxygens (including phenoxy) is 1. The van der Waals surface area contributed by atoms with Gasteiger partial charge in [-0.2, -0.15) is 0 Å². The standard InChI is InChI=1S/C26H30N2O3/c1-16(2)20-10-12-22(13-11-20)28-25(29)23(21-8-6-17(3)7-9-21)24(26(28)30)27-14-18(4)31-19(5)15-27/h6-13,16,18-19H,14-15H2,1-5H3. The highest BCUT2D eigenvalue weighted by molar-refractivity contribution is 6.45. The molecule has 0 aromatic heterocycles. The van der Waals surface area contributed by atoms with Crippen molar-refractivity contribution in [2.24, 2.45) is 0 Å². The molecule has 1 saturated heterocycles. The van der Waals surface area contributed by atoms with Gasteiger partial charge in [0.25, 0.3) is 11.8 Å². The van der Waals surface area contributed by atoms with Crippen molar-refractivity contribution >= 4 is 23.1 Å². The Morgan fingerprint density at radius 2 is 1.45 bits per heavy atom. The first-order valence-electron chi connectivity index (χ1n) is 11.0. The molecule has 2 aliphatic rings. The summed E-state index contributed by atoms with van der Waals surface area (Å²) in [4.78, 5) is 30.6. The number of benzene rings is 2. The van der Waals surface area contributed by atoms with E-state index in [0.717, 1.165) is 11.1 Å². The number of hydrogen-bond donors (Lipinski definition) is 0. The third-order valence-corrected chi connectivity index (χ3v) is 5.95. The van der Waals surface area contributed by atoms with Crippen LogP contribution in [0.25, 0.3) is 5.57 Å². The van der Waals surface area contributed by atoms with E-state index >= 15 is 0 Å². The molecule has 2 atom stereocenters. The van der Waals surface area contributed by atoms with E-state index in [4.69, 9.17) is 4.74 Å². The third-order valence-electron chi connectivity index (χ3n) is 5.95. The Morgan fingerprint density at radius 3 is 2.00 bits per heavy atom. The van der Waals surface area contributed by atoms with Gasteiger partial charge in [0.05, 0.1) is 23.5 Å². The number of hydrogen-bond acceptors (Lipinski definition) is 4. The van der Waals surface area contributed by atoms with E-state index in [2.05, 4.69) is 13.8 Å². The van der Waals surface area contributed by atoms with Crippen LogP contribution in [0.15, 0.2) is 54.2 Å². The van der Waals surface area contributed by atoms with E-state index in [9.17, 15) is 9.59 Å². The summed E-state index contributed by atoms with van der Waals surface area (Å²) in [6.07, 6.45) is -0.0319. The molecule has 0 N–H and O–H groups in total. The van der Waals surface area contributed by atoms with Gasteiger partial charge in [0, 0.05) is 13.1 Å². The van der Waals surface area contributed by atoms with Gasteiger partial charge in [-0.15, -0.1) is 0 Å². The second-order valence-electron chi connectivity index (χ2n) is 8.94. The summed E-state index contributed by atoms with van der Waals surface area (Å²) in [5.74, 6) is -0.153. The molecular weight excluding hydrogens is 388 g/mol. The van der Waals surface area contributed by atoms with Gasteiger partial charge >= 0.3 is 0 Å². The number of amides is 2. The number of aryl methyl sites for hydroxylation is 1. The average Bonchev–Trinajstić information content (AvgIpc) is 2.98. The molecule has 2 aromatic carbocycles. The lowest BCUT2D eigenvalue weighted by Crippen LogP contribution is -2.47. The summed E-state index contributed by atoms with van der Waals surface area (Å²) in [6, 6.07) is 15.5. The van der Waals surface area contributed by atoms with Crippen molar-refractivity contribution in [2.75, 3.05) is 18.0 Å². The number of carbonyl (C=O) groups is 2. The Labute approximate surface area is 184 Å². The Morgan fingerprint density at radius 1 is 0.871 bits per heavy atom. The average molecular weight is 419 g/mol. The van der Waals surface area contributed by atoms with Crippen LogP contribution in [0.3, 0.4) is 0 Å². The van der Waals surface area contributed by atoms with Gasteiger partial charge in [0.2, 0.25) is 0 Å². The summed E-state index contributed by atoms with van der Waals surface area (Å²) < 4.78 is 5.87. The Hall–Kier alpha value is -2.92. The molecule has 1 fully saturated rings. The predicted octanol–water partition coefficient (Wildman–Crippen LogP) is 4.51. The van der Waals surface area contributed by atoms with Crippen LogP contribution in [-0.2, 0) is 14.3 Å². The van der Waals surface area contributed by atoms with Crippen LogP contribution in [0, 0.1) is 6.92 Å². The van der Waals surface area contributed by atoms with Crippen molar-refractivity contribution in [2.45, 2.75) is 52.7 Å². The molecule has 2 unspecified atom stereocenters. The van der Waals surface area contributed by atoms with E-state index in [1.807, 2.05) is 74.2 Å². The number of carbonyl (C=O) groups excluding carboxylic acids is 2. The van der Waals surface area contributed by atoms with Crippen molar-refractivity contribution in [3.05, 3.63) is 70.9 Å². The van der Waals surface area contributed by atoms with Crippen LogP contribution in [0.5, 0.6) is 0 Å².